The van der Waals surface area contributed by atoms with Gasteiger partial charge in [-0.3, -0.25) is 4.99 Å². The van der Waals surface area contributed by atoms with Gasteiger partial charge in [-0.2, -0.15) is 11.8 Å². The summed E-state index contributed by atoms with van der Waals surface area (Å²) >= 11 is 1.80. The third-order valence-corrected chi connectivity index (χ3v) is 7.45. The fraction of sp³-hybridized carbons (Fsp3) is 0.688. The van der Waals surface area contributed by atoms with Gasteiger partial charge in [-0.15, -0.1) is 0 Å². The number of rotatable bonds is 5. The predicted octanol–water partition coefficient (Wildman–Crippen LogP) is -0.447. The number of aromatic nitrogens is 2. The number of piperazine rings is 1. The molecular weight excluding hydrogens is 386 g/mol. The Hall–Kier alpha value is -1.59. The van der Waals surface area contributed by atoms with Crippen LogP contribution in [0.2, 0.25) is 0 Å². The quantitative estimate of drug-likeness (QED) is 0.513. The summed E-state index contributed by atoms with van der Waals surface area (Å²) in [5.74, 6) is 3.33. The zero-order chi connectivity index (χ0) is 19.1. The number of thioether (sulfide) groups is 1. The summed E-state index contributed by atoms with van der Waals surface area (Å²) < 4.78 is 26.5. The van der Waals surface area contributed by atoms with Crippen LogP contribution in [-0.2, 0) is 10.0 Å². The number of hydrogen-bond donors (Lipinski definition) is 1. The Morgan fingerprint density at radius 2 is 1.81 bits per heavy atom. The summed E-state index contributed by atoms with van der Waals surface area (Å²) in [6, 6.07) is 1.81. The maximum absolute atomic E-state index is 12.4. The van der Waals surface area contributed by atoms with E-state index in [0.29, 0.717) is 19.6 Å². The molecule has 150 valence electrons. The van der Waals surface area contributed by atoms with E-state index in [1.165, 1.54) is 0 Å². The Morgan fingerprint density at radius 3 is 2.44 bits per heavy atom. The predicted molar refractivity (Wildman–Crippen MR) is 110 cm³/mol. The molecule has 0 spiro atoms. The smallest absolute Gasteiger partial charge is 0.225 e. The molecule has 2 saturated heterocycles. The molecule has 0 unspecified atom stereocenters. The first-order valence-corrected chi connectivity index (χ1v) is 11.9. The minimum absolute atomic E-state index is 0.0918. The van der Waals surface area contributed by atoms with Gasteiger partial charge < -0.3 is 15.1 Å². The van der Waals surface area contributed by atoms with Gasteiger partial charge in [0.25, 0.3) is 0 Å². The van der Waals surface area contributed by atoms with Gasteiger partial charge in [0, 0.05) is 76.8 Å². The maximum atomic E-state index is 12.4. The van der Waals surface area contributed by atoms with Crippen LogP contribution >= 0.6 is 11.8 Å². The summed E-state index contributed by atoms with van der Waals surface area (Å²) in [7, 11) is -1.48. The van der Waals surface area contributed by atoms with Crippen LogP contribution < -0.4 is 10.2 Å². The molecular formula is C16H27N7O2S2. The lowest BCUT2D eigenvalue weighted by atomic mass is 10.3. The molecule has 0 atom stereocenters. The minimum atomic E-state index is -3.20. The highest BCUT2D eigenvalue weighted by atomic mass is 32.2. The molecule has 0 radical (unpaired) electrons. The summed E-state index contributed by atoms with van der Waals surface area (Å²) in [5, 5.41) is 3.20. The molecule has 11 heteroatoms. The molecule has 0 aliphatic carbocycles. The zero-order valence-electron chi connectivity index (χ0n) is 15.6. The lowest BCUT2D eigenvalue weighted by Gasteiger charge is -2.36. The van der Waals surface area contributed by atoms with Crippen molar-refractivity contribution in [2.45, 2.75) is 0 Å². The molecule has 1 aromatic heterocycles. The number of nitrogens with zero attached hydrogens (tertiary/aromatic N) is 6. The first-order chi connectivity index (χ1) is 13.1. The molecule has 0 bridgehead atoms. The molecule has 0 saturated carbocycles. The molecule has 1 aromatic rings. The van der Waals surface area contributed by atoms with Crippen molar-refractivity contribution < 1.29 is 8.42 Å². The number of sulfonamides is 1. The van der Waals surface area contributed by atoms with E-state index in [0.717, 1.165) is 49.6 Å². The van der Waals surface area contributed by atoms with Crippen LogP contribution in [0.4, 0.5) is 5.95 Å². The fourth-order valence-electron chi connectivity index (χ4n) is 3.15. The van der Waals surface area contributed by atoms with E-state index in [1.807, 2.05) is 6.07 Å². The van der Waals surface area contributed by atoms with Crippen molar-refractivity contribution in [3.63, 3.8) is 0 Å². The second-order valence-corrected chi connectivity index (χ2v) is 9.64. The summed E-state index contributed by atoms with van der Waals surface area (Å²) in [4.78, 5) is 17.2. The highest BCUT2D eigenvalue weighted by molar-refractivity contribution is 7.99. The molecule has 3 heterocycles. The highest BCUT2D eigenvalue weighted by Gasteiger charge is 2.25. The van der Waals surface area contributed by atoms with Crippen molar-refractivity contribution in [2.24, 2.45) is 4.99 Å². The van der Waals surface area contributed by atoms with Gasteiger partial charge in [-0.1, -0.05) is 0 Å². The first kappa shape index (κ1) is 20.2. The lowest BCUT2D eigenvalue weighted by Crippen LogP contribution is -2.53. The fourth-order valence-corrected chi connectivity index (χ4v) is 5.64. The Kier molecular flexibility index (Phi) is 7.13. The van der Waals surface area contributed by atoms with Crippen molar-refractivity contribution in [1.29, 1.82) is 0 Å². The third-order valence-electron chi connectivity index (χ3n) is 4.63. The average molecular weight is 414 g/mol. The molecule has 0 amide bonds. The van der Waals surface area contributed by atoms with Crippen molar-refractivity contribution in [1.82, 2.24) is 24.5 Å². The normalized spacial score (nSPS) is 20.0. The Balaban J connectivity index is 1.46. The van der Waals surface area contributed by atoms with Gasteiger partial charge in [0.1, 0.15) is 0 Å². The standard InChI is InChI=1S/C16H27N7O2S2/c1-17-15(20-5-14-27(24,25)23-10-12-26-13-11-23)21-6-8-22(9-7-21)16-18-3-2-4-19-16/h2-4H,5-14H2,1H3,(H,17,20). The molecule has 3 rings (SSSR count). The van der Waals surface area contributed by atoms with E-state index in [-0.39, 0.29) is 5.75 Å². The summed E-state index contributed by atoms with van der Waals surface area (Å²) in [6.45, 7) is 4.77. The average Bonchev–Trinajstić information content (AvgIpc) is 2.73. The van der Waals surface area contributed by atoms with E-state index in [1.54, 1.807) is 35.5 Å². The molecule has 2 fully saturated rings. The molecule has 9 nitrogen and oxygen atoms in total. The second-order valence-electron chi connectivity index (χ2n) is 6.32. The van der Waals surface area contributed by atoms with E-state index in [4.69, 9.17) is 0 Å². The summed E-state index contributed by atoms with van der Waals surface area (Å²) in [6.07, 6.45) is 3.49. The largest absolute Gasteiger partial charge is 0.355 e. The number of guanidine groups is 1. The number of aliphatic imine (C=N–C) groups is 1. The molecule has 2 aliphatic heterocycles. The van der Waals surface area contributed by atoms with Crippen LogP contribution in [0.15, 0.2) is 23.5 Å². The summed E-state index contributed by atoms with van der Waals surface area (Å²) in [5.41, 5.74) is 0. The maximum Gasteiger partial charge on any atom is 0.225 e. The van der Waals surface area contributed by atoms with E-state index in [9.17, 15) is 8.42 Å². The van der Waals surface area contributed by atoms with E-state index >= 15 is 0 Å². The molecule has 1 N–H and O–H groups in total. The highest BCUT2D eigenvalue weighted by Crippen LogP contribution is 2.13. The van der Waals surface area contributed by atoms with E-state index < -0.39 is 10.0 Å². The monoisotopic (exact) mass is 413 g/mol. The molecule has 0 aromatic carbocycles. The van der Waals surface area contributed by atoms with Gasteiger partial charge in [0.2, 0.25) is 16.0 Å². The number of nitrogens with one attached hydrogen (secondary N) is 1. The van der Waals surface area contributed by atoms with Crippen molar-refractivity contribution >= 4 is 33.7 Å². The molecule has 2 aliphatic rings. The van der Waals surface area contributed by atoms with Crippen LogP contribution in [0.3, 0.4) is 0 Å². The van der Waals surface area contributed by atoms with Crippen LogP contribution in [0.1, 0.15) is 0 Å². The Morgan fingerprint density at radius 1 is 1.15 bits per heavy atom. The Bertz CT molecular complexity index is 716. The second kappa shape index (κ2) is 9.56. The zero-order valence-corrected chi connectivity index (χ0v) is 17.3. The number of hydrogen-bond acceptors (Lipinski definition) is 7. The first-order valence-electron chi connectivity index (χ1n) is 9.13. The van der Waals surface area contributed by atoms with Gasteiger partial charge in [-0.25, -0.2) is 22.7 Å². The van der Waals surface area contributed by atoms with Gasteiger partial charge in [-0.05, 0) is 6.07 Å². The Labute approximate surface area is 165 Å². The van der Waals surface area contributed by atoms with Crippen LogP contribution in [-0.4, -0.2) is 104 Å². The van der Waals surface area contributed by atoms with E-state index in [2.05, 4.69) is 30.1 Å². The van der Waals surface area contributed by atoms with Crippen molar-refractivity contribution in [2.75, 3.05) is 75.0 Å². The van der Waals surface area contributed by atoms with Crippen LogP contribution in [0, 0.1) is 0 Å². The van der Waals surface area contributed by atoms with Gasteiger partial charge >= 0.3 is 0 Å². The van der Waals surface area contributed by atoms with Gasteiger partial charge in [0.15, 0.2) is 5.96 Å². The topological polar surface area (TPSA) is 94.0 Å². The van der Waals surface area contributed by atoms with Crippen molar-refractivity contribution in [3.05, 3.63) is 18.5 Å². The number of anilines is 1. The van der Waals surface area contributed by atoms with Crippen molar-refractivity contribution in [3.8, 4) is 0 Å². The third kappa shape index (κ3) is 5.45. The van der Waals surface area contributed by atoms with Crippen LogP contribution in [0.5, 0.6) is 0 Å². The lowest BCUT2D eigenvalue weighted by molar-refractivity contribution is 0.371. The minimum Gasteiger partial charge on any atom is -0.355 e. The SMILES string of the molecule is CN=C(NCCS(=O)(=O)N1CCSCC1)N1CCN(c2ncccn2)CC1. The van der Waals surface area contributed by atoms with Gasteiger partial charge in [0.05, 0.1) is 5.75 Å². The van der Waals surface area contributed by atoms with Crippen LogP contribution in [0.25, 0.3) is 0 Å². The molecule has 27 heavy (non-hydrogen) atoms.